The Bertz CT molecular complexity index is 378. The molecule has 1 aromatic carbocycles. The Balaban J connectivity index is 3.16. The van der Waals surface area contributed by atoms with Crippen LogP contribution in [-0.2, 0) is 11.1 Å². The van der Waals surface area contributed by atoms with Crippen molar-refractivity contribution in [1.82, 2.24) is 0 Å². The molecule has 1 unspecified atom stereocenters. The van der Waals surface area contributed by atoms with Gasteiger partial charge >= 0.3 is 0 Å². The molecule has 0 spiro atoms. The number of nitrogens with two attached hydrogens (primary N) is 1. The number of nitrogen functional groups attached to an aromatic ring is 1. The van der Waals surface area contributed by atoms with Crippen molar-refractivity contribution < 1.29 is 8.76 Å². The Kier molecular flexibility index (Phi) is 3.08. The van der Waals surface area contributed by atoms with Crippen LogP contribution in [0.2, 0.25) is 5.02 Å². The number of anilines is 1. The molecule has 3 N–H and O–H groups in total. The summed E-state index contributed by atoms with van der Waals surface area (Å²) in [4.78, 5) is 0.0779. The van der Waals surface area contributed by atoms with E-state index in [0.29, 0.717) is 16.3 Å². The lowest BCUT2D eigenvalue weighted by Gasteiger charge is -2.05. The van der Waals surface area contributed by atoms with Gasteiger partial charge in [0.25, 0.3) is 0 Å². The summed E-state index contributed by atoms with van der Waals surface area (Å²) in [5.41, 5.74) is 6.37. The minimum Gasteiger partial charge on any atom is -0.398 e. The SMILES string of the molecule is C=C(c1ccc(Cl)cc1N)S(=O)O. The van der Waals surface area contributed by atoms with Crippen LogP contribution in [0.15, 0.2) is 24.8 Å². The van der Waals surface area contributed by atoms with Crippen LogP contribution in [0.3, 0.4) is 0 Å². The summed E-state index contributed by atoms with van der Waals surface area (Å²) in [6.07, 6.45) is 0. The van der Waals surface area contributed by atoms with Gasteiger partial charge in [0.05, 0.1) is 4.91 Å². The van der Waals surface area contributed by atoms with Gasteiger partial charge in [-0.05, 0) is 12.1 Å². The second-order valence-electron chi connectivity index (χ2n) is 2.40. The van der Waals surface area contributed by atoms with Gasteiger partial charge in [-0.2, -0.15) is 0 Å². The third-order valence-electron chi connectivity index (χ3n) is 1.52. The van der Waals surface area contributed by atoms with Crippen molar-refractivity contribution in [2.45, 2.75) is 0 Å². The maximum absolute atomic E-state index is 10.7. The van der Waals surface area contributed by atoms with E-state index in [1.54, 1.807) is 12.1 Å². The fraction of sp³-hybridized carbons (Fsp3) is 0. The van der Waals surface area contributed by atoms with Gasteiger partial charge in [0.15, 0.2) is 11.1 Å². The predicted molar refractivity (Wildman–Crippen MR) is 55.7 cm³/mol. The zero-order valence-electron chi connectivity index (χ0n) is 6.66. The Morgan fingerprint density at radius 1 is 1.62 bits per heavy atom. The first-order chi connectivity index (χ1) is 6.02. The Hall–Kier alpha value is -0.840. The normalized spacial score (nSPS) is 12.5. The molecule has 5 heteroatoms. The van der Waals surface area contributed by atoms with Crippen LogP contribution < -0.4 is 5.73 Å². The minimum atomic E-state index is -2.10. The highest BCUT2D eigenvalue weighted by molar-refractivity contribution is 7.89. The van der Waals surface area contributed by atoms with Gasteiger partial charge in [-0.15, -0.1) is 0 Å². The van der Waals surface area contributed by atoms with Crippen molar-refractivity contribution in [3.63, 3.8) is 0 Å². The van der Waals surface area contributed by atoms with Crippen LogP contribution in [0.1, 0.15) is 5.56 Å². The van der Waals surface area contributed by atoms with Crippen molar-refractivity contribution >= 4 is 33.3 Å². The summed E-state index contributed by atoms with van der Waals surface area (Å²) < 4.78 is 19.4. The van der Waals surface area contributed by atoms with Gasteiger partial charge in [-0.1, -0.05) is 24.2 Å². The first kappa shape index (κ1) is 10.2. The molecule has 1 rings (SSSR count). The van der Waals surface area contributed by atoms with Crippen LogP contribution in [0.4, 0.5) is 5.69 Å². The first-order valence-electron chi connectivity index (χ1n) is 3.37. The molecule has 3 nitrogen and oxygen atoms in total. The standard InChI is InChI=1S/C8H8ClNO2S/c1-5(13(11)12)7-3-2-6(9)4-8(7)10/h2-4H,1,10H2,(H,11,12). The molecule has 0 fully saturated rings. The molecule has 13 heavy (non-hydrogen) atoms. The van der Waals surface area contributed by atoms with Crippen LogP contribution in [-0.4, -0.2) is 8.76 Å². The summed E-state index contributed by atoms with van der Waals surface area (Å²) in [5, 5.41) is 0.484. The van der Waals surface area contributed by atoms with Crippen molar-refractivity contribution in [2.75, 3.05) is 5.73 Å². The van der Waals surface area contributed by atoms with Gasteiger partial charge in [0.1, 0.15) is 0 Å². The molecule has 0 aliphatic rings. The van der Waals surface area contributed by atoms with Crippen LogP contribution in [0.5, 0.6) is 0 Å². The number of hydrogen-bond acceptors (Lipinski definition) is 2. The third-order valence-corrected chi connectivity index (χ3v) is 2.40. The van der Waals surface area contributed by atoms with E-state index in [1.165, 1.54) is 6.07 Å². The molecule has 70 valence electrons. The average molecular weight is 218 g/mol. The second-order valence-corrected chi connectivity index (χ2v) is 3.83. The highest BCUT2D eigenvalue weighted by Gasteiger charge is 2.08. The Labute approximate surface area is 83.5 Å². The quantitative estimate of drug-likeness (QED) is 0.589. The molecule has 1 aromatic rings. The van der Waals surface area contributed by atoms with Gasteiger partial charge < -0.3 is 10.3 Å². The summed E-state index contributed by atoms with van der Waals surface area (Å²) in [6, 6.07) is 4.66. The maximum Gasteiger partial charge on any atom is 0.186 e. The van der Waals surface area contributed by atoms with Gasteiger partial charge in [-0.25, -0.2) is 4.21 Å². The summed E-state index contributed by atoms with van der Waals surface area (Å²) >= 11 is 3.56. The monoisotopic (exact) mass is 217 g/mol. The lowest BCUT2D eigenvalue weighted by atomic mass is 10.2. The molecule has 0 amide bonds. The van der Waals surface area contributed by atoms with Crippen LogP contribution >= 0.6 is 11.6 Å². The number of hydrogen-bond donors (Lipinski definition) is 2. The molecule has 0 saturated heterocycles. The Morgan fingerprint density at radius 2 is 2.23 bits per heavy atom. The van der Waals surface area contributed by atoms with Crippen molar-refractivity contribution in [2.24, 2.45) is 0 Å². The fourth-order valence-electron chi connectivity index (χ4n) is 0.882. The number of rotatable bonds is 2. The topological polar surface area (TPSA) is 63.3 Å². The van der Waals surface area contributed by atoms with Gasteiger partial charge in [0.2, 0.25) is 0 Å². The minimum absolute atomic E-state index is 0.0779. The molecule has 0 aliphatic carbocycles. The van der Waals surface area contributed by atoms with Gasteiger partial charge in [-0.3, -0.25) is 0 Å². The molecule has 0 aliphatic heterocycles. The zero-order valence-corrected chi connectivity index (χ0v) is 8.23. The molecule has 1 atom stereocenters. The number of benzene rings is 1. The third kappa shape index (κ3) is 2.30. The smallest absolute Gasteiger partial charge is 0.186 e. The molecule has 0 heterocycles. The first-order valence-corrected chi connectivity index (χ1v) is 4.86. The molecule has 0 aromatic heterocycles. The highest BCUT2D eigenvalue weighted by atomic mass is 35.5. The van der Waals surface area contributed by atoms with E-state index in [0.717, 1.165) is 0 Å². The van der Waals surface area contributed by atoms with E-state index < -0.39 is 11.1 Å². The predicted octanol–water partition coefficient (Wildman–Crippen LogP) is 2.11. The van der Waals surface area contributed by atoms with Crippen molar-refractivity contribution in [1.29, 1.82) is 0 Å². The van der Waals surface area contributed by atoms with Gasteiger partial charge in [0, 0.05) is 16.3 Å². The molecular weight excluding hydrogens is 210 g/mol. The van der Waals surface area contributed by atoms with E-state index in [-0.39, 0.29) is 4.91 Å². The van der Waals surface area contributed by atoms with E-state index in [9.17, 15) is 4.21 Å². The zero-order chi connectivity index (χ0) is 10.0. The van der Waals surface area contributed by atoms with Crippen LogP contribution in [0.25, 0.3) is 4.91 Å². The number of halogens is 1. The van der Waals surface area contributed by atoms with E-state index in [1.807, 2.05) is 0 Å². The summed E-state index contributed by atoms with van der Waals surface area (Å²) in [6.45, 7) is 3.44. The summed E-state index contributed by atoms with van der Waals surface area (Å²) in [7, 11) is 0. The van der Waals surface area contributed by atoms with E-state index >= 15 is 0 Å². The molecular formula is C8H8ClNO2S. The van der Waals surface area contributed by atoms with Crippen LogP contribution in [0, 0.1) is 0 Å². The highest BCUT2D eigenvalue weighted by Crippen LogP contribution is 2.24. The largest absolute Gasteiger partial charge is 0.398 e. The van der Waals surface area contributed by atoms with Crippen molar-refractivity contribution in [3.8, 4) is 0 Å². The van der Waals surface area contributed by atoms with Crippen molar-refractivity contribution in [3.05, 3.63) is 35.4 Å². The maximum atomic E-state index is 10.7. The fourth-order valence-corrected chi connectivity index (χ4v) is 1.44. The second kappa shape index (κ2) is 3.91. The summed E-state index contributed by atoms with van der Waals surface area (Å²) in [5.74, 6) is 0. The molecule has 0 radical (unpaired) electrons. The average Bonchev–Trinajstić information content (AvgIpc) is 2.03. The Morgan fingerprint density at radius 3 is 2.69 bits per heavy atom. The van der Waals surface area contributed by atoms with E-state index in [2.05, 4.69) is 6.58 Å². The van der Waals surface area contributed by atoms with E-state index in [4.69, 9.17) is 21.9 Å². The lowest BCUT2D eigenvalue weighted by Crippen LogP contribution is -1.96. The molecule has 0 saturated carbocycles. The molecule has 0 bridgehead atoms. The lowest BCUT2D eigenvalue weighted by molar-refractivity contribution is 0.575.